The summed E-state index contributed by atoms with van der Waals surface area (Å²) in [7, 11) is 0. The second-order valence-corrected chi connectivity index (χ2v) is 21.1. The number of rotatable bonds is 6. The van der Waals surface area contributed by atoms with Crippen LogP contribution in [0.4, 0.5) is 0 Å². The van der Waals surface area contributed by atoms with Gasteiger partial charge in [-0.2, -0.15) is 0 Å². The van der Waals surface area contributed by atoms with Gasteiger partial charge in [-0.1, -0.05) is 87.8 Å². The van der Waals surface area contributed by atoms with E-state index in [1.807, 2.05) is 0 Å². The maximum atomic E-state index is 7.14. The molecule has 12 atom stereocenters. The van der Waals surface area contributed by atoms with Crippen LogP contribution in [0, 0.1) is 17.8 Å². The molecule has 6 aliphatic carbocycles. The van der Waals surface area contributed by atoms with E-state index in [9.17, 15) is 0 Å². The SMILES string of the molecule is ClC1=C(Cl)C2(Cl)CC1(Cl)C(Cl)C2Cc1cc(CC2C(Cl)C3(Cl)CC2(Cl)C(Cl)=C3Cl)cc(CC2C(Cl)C3(Cl)CC2(Cl)C(Cl)=C3Cl)c1. The molecule has 0 aromatic heterocycles. The predicted molar refractivity (Wildman–Crippen MR) is 198 cm³/mol. The molecule has 0 heterocycles. The Balaban J connectivity index is 1.27. The van der Waals surface area contributed by atoms with Gasteiger partial charge in [0.05, 0.1) is 75.6 Å². The molecule has 1 aromatic rings. The standard InChI is InChI=1S/C30H21Cl15/c31-16-13(25(40)7-28(16,43)22(37)19(25)34)4-10-1-11(5-14-17(32)29(44)8-26(14,41)20(35)23(29)38)3-12(2-10)6-15-18(33)30(45)9-27(15,42)21(36)24(30)39/h1-3,13-18H,4-9H2. The molecule has 12 unspecified atom stereocenters. The summed E-state index contributed by atoms with van der Waals surface area (Å²) in [6, 6.07) is 6.24. The highest BCUT2D eigenvalue weighted by Crippen LogP contribution is 2.70. The number of hydrogen-bond donors (Lipinski definition) is 0. The van der Waals surface area contributed by atoms with Crippen LogP contribution in [-0.2, 0) is 19.3 Å². The second-order valence-electron chi connectivity index (χ2n) is 13.4. The average molecular weight is 913 g/mol. The first-order chi connectivity index (χ1) is 20.7. The molecule has 0 spiro atoms. The molecular weight excluding hydrogens is 892 g/mol. The lowest BCUT2D eigenvalue weighted by Gasteiger charge is -2.36. The summed E-state index contributed by atoms with van der Waals surface area (Å²) in [5.74, 6) is -0.941. The maximum absolute atomic E-state index is 7.14. The summed E-state index contributed by atoms with van der Waals surface area (Å²) in [5.41, 5.74) is 2.84. The molecule has 0 saturated heterocycles. The fourth-order valence-electron chi connectivity index (χ4n) is 8.62. The normalized spacial score (nSPS) is 49.9. The van der Waals surface area contributed by atoms with Gasteiger partial charge in [-0.15, -0.1) is 104 Å². The molecule has 45 heavy (non-hydrogen) atoms. The molecule has 1 aromatic carbocycles. The Hall–Kier alpha value is 2.79. The summed E-state index contributed by atoms with van der Waals surface area (Å²) in [6.07, 6.45) is 2.38. The van der Waals surface area contributed by atoms with Gasteiger partial charge in [-0.05, 0) is 55.2 Å². The molecule has 3 fully saturated rings. The van der Waals surface area contributed by atoms with Gasteiger partial charge < -0.3 is 0 Å². The van der Waals surface area contributed by atoms with Gasteiger partial charge in [0, 0.05) is 17.8 Å². The zero-order valence-electron chi connectivity index (χ0n) is 22.6. The molecule has 0 radical (unpaired) electrons. The molecular formula is C30H21Cl15. The molecule has 6 aliphatic rings. The Morgan fingerprint density at radius 1 is 0.400 bits per heavy atom. The zero-order valence-corrected chi connectivity index (χ0v) is 33.9. The molecule has 6 bridgehead atoms. The summed E-state index contributed by atoms with van der Waals surface area (Å²) < 4.78 is 0. The Morgan fingerprint density at radius 2 is 0.600 bits per heavy atom. The highest BCUT2D eigenvalue weighted by molar-refractivity contribution is 6.55. The van der Waals surface area contributed by atoms with Crippen LogP contribution in [-0.4, -0.2) is 45.4 Å². The van der Waals surface area contributed by atoms with Crippen LogP contribution >= 0.6 is 174 Å². The number of fused-ring (bicyclic) bond motifs is 6. The zero-order chi connectivity index (χ0) is 33.0. The molecule has 246 valence electrons. The average Bonchev–Trinajstić information content (AvgIpc) is 3.59. The first kappa shape index (κ1) is 36.2. The van der Waals surface area contributed by atoms with E-state index >= 15 is 0 Å². The first-order valence-electron chi connectivity index (χ1n) is 14.0. The summed E-state index contributed by atoms with van der Waals surface area (Å²) in [5, 5.41) is 0.239. The fraction of sp³-hybridized carbons (Fsp3) is 0.600. The van der Waals surface area contributed by atoms with Crippen LogP contribution in [0.3, 0.4) is 0 Å². The van der Waals surface area contributed by atoms with Gasteiger partial charge >= 0.3 is 0 Å². The predicted octanol–water partition coefficient (Wildman–Crippen LogP) is 13.2. The van der Waals surface area contributed by atoms with E-state index in [2.05, 4.69) is 18.2 Å². The third kappa shape index (κ3) is 4.74. The van der Waals surface area contributed by atoms with E-state index in [1.165, 1.54) is 0 Å². The van der Waals surface area contributed by atoms with Crippen molar-refractivity contribution in [1.82, 2.24) is 0 Å². The Morgan fingerprint density at radius 3 is 0.800 bits per heavy atom. The van der Waals surface area contributed by atoms with Crippen molar-refractivity contribution < 1.29 is 0 Å². The Bertz CT molecular complexity index is 1420. The summed E-state index contributed by atoms with van der Waals surface area (Å²) >= 11 is 103. The minimum atomic E-state index is -1.04. The molecule has 15 heteroatoms. The summed E-state index contributed by atoms with van der Waals surface area (Å²) in [4.78, 5) is -6.12. The van der Waals surface area contributed by atoms with E-state index < -0.39 is 45.4 Å². The van der Waals surface area contributed by atoms with Crippen LogP contribution < -0.4 is 0 Å². The molecule has 0 N–H and O–H groups in total. The van der Waals surface area contributed by atoms with Crippen molar-refractivity contribution >= 4 is 174 Å². The van der Waals surface area contributed by atoms with Gasteiger partial charge in [0.15, 0.2) is 0 Å². The molecule has 7 rings (SSSR count). The third-order valence-corrected chi connectivity index (χ3v) is 20.8. The number of benzene rings is 1. The number of hydrogen-bond acceptors (Lipinski definition) is 0. The smallest absolute Gasteiger partial charge is 0.0999 e. The van der Waals surface area contributed by atoms with Crippen molar-refractivity contribution in [3.05, 3.63) is 65.1 Å². The van der Waals surface area contributed by atoms with Crippen molar-refractivity contribution in [3.8, 4) is 0 Å². The van der Waals surface area contributed by atoms with Crippen LogP contribution in [0.15, 0.2) is 48.4 Å². The third-order valence-electron chi connectivity index (χ3n) is 10.9. The second kappa shape index (κ2) is 11.4. The van der Waals surface area contributed by atoms with Crippen molar-refractivity contribution in [2.45, 2.75) is 83.9 Å². The van der Waals surface area contributed by atoms with Gasteiger partial charge in [0.1, 0.15) is 0 Å². The van der Waals surface area contributed by atoms with Crippen molar-refractivity contribution in [2.75, 3.05) is 0 Å². The quantitative estimate of drug-likeness (QED) is 0.250. The van der Waals surface area contributed by atoms with Crippen molar-refractivity contribution in [1.29, 1.82) is 0 Å². The van der Waals surface area contributed by atoms with Gasteiger partial charge in [0.2, 0.25) is 0 Å². The number of halogens is 15. The van der Waals surface area contributed by atoms with Gasteiger partial charge in [-0.25, -0.2) is 0 Å². The first-order valence-corrected chi connectivity index (χ1v) is 19.9. The van der Waals surface area contributed by atoms with E-state index in [1.54, 1.807) is 0 Å². The van der Waals surface area contributed by atoms with Crippen molar-refractivity contribution in [2.24, 2.45) is 17.8 Å². The lowest BCUT2D eigenvalue weighted by molar-refractivity contribution is 0.460. The Kier molecular flexibility index (Phi) is 9.16. The monoisotopic (exact) mass is 906 g/mol. The summed E-state index contributed by atoms with van der Waals surface area (Å²) in [6.45, 7) is 0. The number of allylic oxidation sites excluding steroid dienone is 6. The van der Waals surface area contributed by atoms with Gasteiger partial charge in [-0.3, -0.25) is 0 Å². The van der Waals surface area contributed by atoms with E-state index in [4.69, 9.17) is 174 Å². The largest absolute Gasteiger partial charge is 0.120 e. The molecule has 0 nitrogen and oxygen atoms in total. The van der Waals surface area contributed by atoms with E-state index in [-0.39, 0.29) is 17.8 Å². The van der Waals surface area contributed by atoms with Gasteiger partial charge in [0.25, 0.3) is 0 Å². The Labute approximate surface area is 337 Å². The van der Waals surface area contributed by atoms with E-state index in [0.717, 1.165) is 16.7 Å². The maximum Gasteiger partial charge on any atom is 0.0999 e. The molecule has 0 amide bonds. The van der Waals surface area contributed by atoms with Crippen LogP contribution in [0.1, 0.15) is 36.0 Å². The van der Waals surface area contributed by atoms with Crippen molar-refractivity contribution in [3.63, 3.8) is 0 Å². The van der Waals surface area contributed by atoms with Crippen LogP contribution in [0.5, 0.6) is 0 Å². The highest BCUT2D eigenvalue weighted by atomic mass is 35.5. The van der Waals surface area contributed by atoms with E-state index in [0.29, 0.717) is 68.7 Å². The lowest BCUT2D eigenvalue weighted by Crippen LogP contribution is -2.39. The van der Waals surface area contributed by atoms with Crippen LogP contribution in [0.2, 0.25) is 0 Å². The highest BCUT2D eigenvalue weighted by Gasteiger charge is 2.70. The number of alkyl halides is 9. The minimum absolute atomic E-state index is 0.303. The fourth-order valence-corrected chi connectivity index (χ4v) is 16.0. The molecule has 3 saturated carbocycles. The molecule has 0 aliphatic heterocycles. The topological polar surface area (TPSA) is 0 Å². The lowest BCUT2D eigenvalue weighted by atomic mass is 9.81. The minimum Gasteiger partial charge on any atom is -0.120 e. The van der Waals surface area contributed by atoms with Crippen LogP contribution in [0.25, 0.3) is 0 Å².